The second-order valence-electron chi connectivity index (χ2n) is 6.32. The summed E-state index contributed by atoms with van der Waals surface area (Å²) in [6, 6.07) is 15.3. The fourth-order valence-corrected chi connectivity index (χ4v) is 4.27. The Hall–Kier alpha value is -2.45. The summed E-state index contributed by atoms with van der Waals surface area (Å²) in [6.45, 7) is 3.75. The Labute approximate surface area is 174 Å². The number of thioether (sulfide) groups is 1. The summed E-state index contributed by atoms with van der Waals surface area (Å²) in [7, 11) is 0. The lowest BCUT2D eigenvalue weighted by Gasteiger charge is -2.19. The number of fused-ring (bicyclic) bond motifs is 1. The quantitative estimate of drug-likeness (QED) is 0.318. The highest BCUT2D eigenvalue weighted by Crippen LogP contribution is 2.27. The molecular formula is C20H17BrN4O2S. The lowest BCUT2D eigenvalue weighted by Crippen LogP contribution is -2.27. The van der Waals surface area contributed by atoms with Gasteiger partial charge in [0.25, 0.3) is 5.56 Å². The van der Waals surface area contributed by atoms with Crippen LogP contribution in [0.1, 0.15) is 30.3 Å². The highest BCUT2D eigenvalue weighted by Gasteiger charge is 2.19. The standard InChI is InChI=1S/C20H17BrN4O2S/c1-12(14-6-4-3-5-7-14)25-19(26)16-10-15(21)8-9-17(16)22-20(25)28-11-18-24-23-13(2)27-18/h3-10,12H,11H2,1-2H3. The van der Waals surface area contributed by atoms with Gasteiger partial charge >= 0.3 is 0 Å². The minimum atomic E-state index is -0.170. The van der Waals surface area contributed by atoms with Crippen molar-refractivity contribution in [3.05, 3.63) is 80.7 Å². The maximum absolute atomic E-state index is 13.4. The van der Waals surface area contributed by atoms with E-state index >= 15 is 0 Å². The molecule has 0 aliphatic heterocycles. The summed E-state index contributed by atoms with van der Waals surface area (Å²) in [5.74, 6) is 1.46. The smallest absolute Gasteiger partial charge is 0.262 e. The van der Waals surface area contributed by atoms with Crippen LogP contribution in [0.5, 0.6) is 0 Å². The van der Waals surface area contributed by atoms with Crippen LogP contribution in [0.4, 0.5) is 0 Å². The van der Waals surface area contributed by atoms with Gasteiger partial charge in [0.1, 0.15) is 0 Å². The molecule has 2 aromatic heterocycles. The van der Waals surface area contributed by atoms with Crippen LogP contribution in [0.15, 0.2) is 67.4 Å². The van der Waals surface area contributed by atoms with E-state index in [1.165, 1.54) is 11.8 Å². The number of rotatable bonds is 5. The van der Waals surface area contributed by atoms with Gasteiger partial charge in [-0.05, 0) is 30.7 Å². The highest BCUT2D eigenvalue weighted by atomic mass is 79.9. The van der Waals surface area contributed by atoms with Gasteiger partial charge in [0.15, 0.2) is 5.16 Å². The van der Waals surface area contributed by atoms with Crippen LogP contribution in [-0.2, 0) is 5.75 Å². The molecule has 8 heteroatoms. The Balaban J connectivity index is 1.83. The SMILES string of the molecule is Cc1nnc(CSc2nc3ccc(Br)cc3c(=O)n2C(C)c2ccccc2)o1. The second-order valence-corrected chi connectivity index (χ2v) is 8.18. The molecule has 0 fully saturated rings. The number of nitrogens with zero attached hydrogens (tertiary/aromatic N) is 4. The Kier molecular flexibility index (Phi) is 5.32. The molecule has 0 N–H and O–H groups in total. The first-order valence-electron chi connectivity index (χ1n) is 8.71. The minimum Gasteiger partial charge on any atom is -0.425 e. The Morgan fingerprint density at radius 1 is 1.18 bits per heavy atom. The maximum Gasteiger partial charge on any atom is 0.262 e. The molecule has 0 aliphatic rings. The predicted octanol–water partition coefficient (Wildman–Crippen LogP) is 4.75. The molecule has 0 spiro atoms. The molecule has 2 aromatic carbocycles. The molecule has 0 radical (unpaired) electrons. The lowest BCUT2D eigenvalue weighted by atomic mass is 10.1. The number of benzene rings is 2. The average Bonchev–Trinajstić information content (AvgIpc) is 3.12. The lowest BCUT2D eigenvalue weighted by molar-refractivity contribution is 0.484. The van der Waals surface area contributed by atoms with E-state index in [9.17, 15) is 4.79 Å². The van der Waals surface area contributed by atoms with Crippen molar-refractivity contribution in [2.75, 3.05) is 0 Å². The van der Waals surface area contributed by atoms with E-state index in [2.05, 4.69) is 26.1 Å². The number of aromatic nitrogens is 4. The van der Waals surface area contributed by atoms with E-state index < -0.39 is 0 Å². The summed E-state index contributed by atoms with van der Waals surface area (Å²) in [4.78, 5) is 18.1. The third-order valence-electron chi connectivity index (χ3n) is 4.39. The molecule has 4 aromatic rings. The molecule has 0 saturated carbocycles. The third kappa shape index (κ3) is 3.74. The van der Waals surface area contributed by atoms with E-state index in [4.69, 9.17) is 9.40 Å². The summed E-state index contributed by atoms with van der Waals surface area (Å²) < 4.78 is 8.04. The van der Waals surface area contributed by atoms with Crippen molar-refractivity contribution >= 4 is 38.6 Å². The fourth-order valence-electron chi connectivity index (χ4n) is 3.00. The number of aryl methyl sites for hydroxylation is 1. The first-order chi connectivity index (χ1) is 13.5. The molecule has 0 amide bonds. The second kappa shape index (κ2) is 7.89. The zero-order chi connectivity index (χ0) is 19.7. The first kappa shape index (κ1) is 18.9. The van der Waals surface area contributed by atoms with Crippen molar-refractivity contribution in [2.45, 2.75) is 30.8 Å². The van der Waals surface area contributed by atoms with E-state index in [-0.39, 0.29) is 11.6 Å². The molecule has 1 atom stereocenters. The van der Waals surface area contributed by atoms with Crippen molar-refractivity contribution in [2.24, 2.45) is 0 Å². The summed E-state index contributed by atoms with van der Waals surface area (Å²) in [5.41, 5.74) is 1.62. The molecule has 142 valence electrons. The molecule has 0 aliphatic carbocycles. The van der Waals surface area contributed by atoms with E-state index in [0.717, 1.165) is 10.0 Å². The van der Waals surface area contributed by atoms with Crippen molar-refractivity contribution in [3.63, 3.8) is 0 Å². The maximum atomic E-state index is 13.4. The Morgan fingerprint density at radius 3 is 2.68 bits per heavy atom. The van der Waals surface area contributed by atoms with E-state index in [1.807, 2.05) is 55.5 Å². The van der Waals surface area contributed by atoms with Crippen molar-refractivity contribution in [1.29, 1.82) is 0 Å². The van der Waals surface area contributed by atoms with Crippen LogP contribution in [0.3, 0.4) is 0 Å². The minimum absolute atomic E-state index is 0.0770. The van der Waals surface area contributed by atoms with Crippen molar-refractivity contribution in [3.8, 4) is 0 Å². The van der Waals surface area contributed by atoms with Crippen LogP contribution < -0.4 is 5.56 Å². The van der Waals surface area contributed by atoms with Crippen LogP contribution in [0.2, 0.25) is 0 Å². The predicted molar refractivity (Wildman–Crippen MR) is 113 cm³/mol. The first-order valence-corrected chi connectivity index (χ1v) is 10.5. The summed E-state index contributed by atoms with van der Waals surface area (Å²) in [6.07, 6.45) is 0. The van der Waals surface area contributed by atoms with Gasteiger partial charge < -0.3 is 4.42 Å². The molecule has 4 rings (SSSR count). The zero-order valence-corrected chi connectivity index (χ0v) is 17.7. The van der Waals surface area contributed by atoms with Gasteiger partial charge in [-0.25, -0.2) is 4.98 Å². The van der Waals surface area contributed by atoms with E-state index in [1.54, 1.807) is 11.5 Å². The molecule has 6 nitrogen and oxygen atoms in total. The van der Waals surface area contributed by atoms with Gasteiger partial charge in [-0.2, -0.15) is 0 Å². The highest BCUT2D eigenvalue weighted by molar-refractivity contribution is 9.10. The van der Waals surface area contributed by atoms with Crippen LogP contribution in [-0.4, -0.2) is 19.7 Å². The van der Waals surface area contributed by atoms with E-state index in [0.29, 0.717) is 33.6 Å². The Bertz CT molecular complexity index is 1190. The number of hydrogen-bond acceptors (Lipinski definition) is 6. The topological polar surface area (TPSA) is 73.8 Å². The van der Waals surface area contributed by atoms with Crippen LogP contribution >= 0.6 is 27.7 Å². The largest absolute Gasteiger partial charge is 0.425 e. The average molecular weight is 457 g/mol. The number of hydrogen-bond donors (Lipinski definition) is 0. The summed E-state index contributed by atoms with van der Waals surface area (Å²) in [5, 5.41) is 9.08. The van der Waals surface area contributed by atoms with Gasteiger partial charge in [0.05, 0.1) is 22.7 Å². The monoisotopic (exact) mass is 456 g/mol. The van der Waals surface area contributed by atoms with Crippen molar-refractivity contribution < 1.29 is 4.42 Å². The molecule has 1 unspecified atom stereocenters. The van der Waals surface area contributed by atoms with Crippen LogP contribution in [0, 0.1) is 6.92 Å². The fraction of sp³-hybridized carbons (Fsp3) is 0.200. The normalized spacial score (nSPS) is 12.4. The van der Waals surface area contributed by atoms with Gasteiger partial charge in [-0.15, -0.1) is 10.2 Å². The number of halogens is 1. The van der Waals surface area contributed by atoms with Gasteiger partial charge in [0, 0.05) is 11.4 Å². The molecule has 28 heavy (non-hydrogen) atoms. The molecular weight excluding hydrogens is 440 g/mol. The molecule has 2 heterocycles. The summed E-state index contributed by atoms with van der Waals surface area (Å²) >= 11 is 4.86. The molecule has 0 saturated heterocycles. The van der Waals surface area contributed by atoms with Gasteiger partial charge in [-0.3, -0.25) is 9.36 Å². The van der Waals surface area contributed by atoms with Crippen LogP contribution in [0.25, 0.3) is 10.9 Å². The van der Waals surface area contributed by atoms with Crippen molar-refractivity contribution in [1.82, 2.24) is 19.7 Å². The Morgan fingerprint density at radius 2 is 1.96 bits per heavy atom. The van der Waals surface area contributed by atoms with Gasteiger partial charge in [-0.1, -0.05) is 58.0 Å². The zero-order valence-electron chi connectivity index (χ0n) is 15.3. The molecule has 0 bridgehead atoms. The van der Waals surface area contributed by atoms with Gasteiger partial charge in [0.2, 0.25) is 11.8 Å². The third-order valence-corrected chi connectivity index (χ3v) is 5.82.